The third kappa shape index (κ3) is 4.56. The van der Waals surface area contributed by atoms with Crippen molar-refractivity contribution in [3.8, 4) is 0 Å². The van der Waals surface area contributed by atoms with Crippen molar-refractivity contribution in [1.82, 2.24) is 9.80 Å². The summed E-state index contributed by atoms with van der Waals surface area (Å²) < 4.78 is 23.2. The molecule has 1 amide bonds. The number of amides is 1. The van der Waals surface area contributed by atoms with Crippen LogP contribution in [0.5, 0.6) is 0 Å². The highest BCUT2D eigenvalue weighted by atomic mass is 35.5. The summed E-state index contributed by atoms with van der Waals surface area (Å²) in [6.45, 7) is 2.59. The summed E-state index contributed by atoms with van der Waals surface area (Å²) in [5, 5.41) is 1.01. The Balaban J connectivity index is 1.56. The van der Waals surface area contributed by atoms with Gasteiger partial charge in [-0.15, -0.1) is 0 Å². The first kappa shape index (κ1) is 18.7. The van der Waals surface area contributed by atoms with Crippen molar-refractivity contribution in [3.63, 3.8) is 0 Å². The number of carbonyl (C=O) groups excluding carboxylic acids is 1. The molecule has 3 rings (SSSR count). The fraction of sp³-hybridized carbons (Fsp3) is 0.471. The van der Waals surface area contributed by atoms with Crippen LogP contribution in [0.1, 0.15) is 12.0 Å². The lowest BCUT2D eigenvalue weighted by Crippen LogP contribution is -2.52. The molecule has 1 atom stereocenters. The molecule has 2 saturated heterocycles. The van der Waals surface area contributed by atoms with Gasteiger partial charge in [0.1, 0.15) is 0 Å². The minimum Gasteiger partial charge on any atom is -0.337 e. The summed E-state index contributed by atoms with van der Waals surface area (Å²) >= 11 is 12.2. The normalized spacial score (nSPS) is 24.1. The van der Waals surface area contributed by atoms with Crippen molar-refractivity contribution in [3.05, 3.63) is 39.9 Å². The van der Waals surface area contributed by atoms with E-state index >= 15 is 0 Å². The van der Waals surface area contributed by atoms with E-state index in [1.54, 1.807) is 29.2 Å². The van der Waals surface area contributed by atoms with Gasteiger partial charge in [-0.05, 0) is 24.6 Å². The topological polar surface area (TPSA) is 57.7 Å². The molecule has 0 unspecified atom stereocenters. The van der Waals surface area contributed by atoms with Crippen LogP contribution in [0, 0.1) is 0 Å². The zero-order chi connectivity index (χ0) is 18.0. The third-order valence-corrected chi connectivity index (χ3v) is 7.15. The zero-order valence-corrected chi connectivity index (χ0v) is 16.0. The summed E-state index contributed by atoms with van der Waals surface area (Å²) in [5.41, 5.74) is 0.633. The number of carbonyl (C=O) groups is 1. The number of piperazine rings is 1. The van der Waals surface area contributed by atoms with Crippen molar-refractivity contribution in [2.75, 3.05) is 37.7 Å². The van der Waals surface area contributed by atoms with E-state index < -0.39 is 9.84 Å². The number of rotatable bonds is 3. The summed E-state index contributed by atoms with van der Waals surface area (Å²) in [4.78, 5) is 16.3. The molecule has 0 bridgehead atoms. The van der Waals surface area contributed by atoms with Crippen LogP contribution in [0.25, 0.3) is 6.08 Å². The van der Waals surface area contributed by atoms with Crippen molar-refractivity contribution in [2.24, 2.45) is 0 Å². The highest BCUT2D eigenvalue weighted by molar-refractivity contribution is 7.91. The maximum absolute atomic E-state index is 12.4. The van der Waals surface area contributed by atoms with Gasteiger partial charge < -0.3 is 4.90 Å². The van der Waals surface area contributed by atoms with Crippen molar-refractivity contribution in [2.45, 2.75) is 12.5 Å². The van der Waals surface area contributed by atoms with E-state index in [9.17, 15) is 13.2 Å². The predicted octanol–water partition coefficient (Wildman–Crippen LogP) is 2.34. The molecule has 25 heavy (non-hydrogen) atoms. The fourth-order valence-electron chi connectivity index (χ4n) is 3.30. The van der Waals surface area contributed by atoms with Crippen LogP contribution in [-0.2, 0) is 14.6 Å². The van der Waals surface area contributed by atoms with Gasteiger partial charge in [0.15, 0.2) is 9.84 Å². The molecular formula is C17H20Cl2N2O3S. The number of hydrogen-bond donors (Lipinski definition) is 0. The van der Waals surface area contributed by atoms with E-state index in [-0.39, 0.29) is 23.5 Å². The monoisotopic (exact) mass is 402 g/mol. The Morgan fingerprint density at radius 3 is 2.32 bits per heavy atom. The molecule has 0 spiro atoms. The van der Waals surface area contributed by atoms with Crippen LogP contribution in [-0.4, -0.2) is 67.9 Å². The lowest BCUT2D eigenvalue weighted by atomic mass is 10.1. The van der Waals surface area contributed by atoms with Gasteiger partial charge in [0.05, 0.1) is 11.5 Å². The van der Waals surface area contributed by atoms with E-state index in [0.29, 0.717) is 48.2 Å². The second-order valence-corrected chi connectivity index (χ2v) is 9.43. The van der Waals surface area contributed by atoms with E-state index in [4.69, 9.17) is 23.2 Å². The summed E-state index contributed by atoms with van der Waals surface area (Å²) in [7, 11) is -2.88. The first-order valence-corrected chi connectivity index (χ1v) is 10.8. The highest BCUT2D eigenvalue weighted by Gasteiger charge is 2.34. The largest absolute Gasteiger partial charge is 0.337 e. The number of hydrogen-bond acceptors (Lipinski definition) is 4. The van der Waals surface area contributed by atoms with Crippen LogP contribution in [0.2, 0.25) is 10.0 Å². The number of sulfone groups is 1. The van der Waals surface area contributed by atoms with Crippen LogP contribution < -0.4 is 0 Å². The van der Waals surface area contributed by atoms with Gasteiger partial charge in [0.25, 0.3) is 0 Å². The van der Waals surface area contributed by atoms with Gasteiger partial charge in [-0.2, -0.15) is 0 Å². The molecule has 2 fully saturated rings. The Morgan fingerprint density at radius 2 is 1.76 bits per heavy atom. The molecule has 2 aliphatic rings. The van der Waals surface area contributed by atoms with Crippen molar-refractivity contribution < 1.29 is 13.2 Å². The van der Waals surface area contributed by atoms with Gasteiger partial charge >= 0.3 is 0 Å². The predicted molar refractivity (Wildman–Crippen MR) is 101 cm³/mol. The second-order valence-electron chi connectivity index (χ2n) is 6.39. The molecule has 1 aromatic carbocycles. The molecule has 2 aliphatic heterocycles. The molecule has 5 nitrogen and oxygen atoms in total. The van der Waals surface area contributed by atoms with Gasteiger partial charge in [-0.3, -0.25) is 9.69 Å². The Morgan fingerprint density at radius 1 is 1.12 bits per heavy atom. The van der Waals surface area contributed by atoms with Crippen LogP contribution in [0.3, 0.4) is 0 Å². The molecule has 136 valence electrons. The molecular weight excluding hydrogens is 383 g/mol. The van der Waals surface area contributed by atoms with Crippen molar-refractivity contribution >= 4 is 45.0 Å². The van der Waals surface area contributed by atoms with E-state index in [1.807, 2.05) is 0 Å². The zero-order valence-electron chi connectivity index (χ0n) is 13.7. The minimum atomic E-state index is -2.88. The first-order chi connectivity index (χ1) is 11.9. The molecule has 0 saturated carbocycles. The van der Waals surface area contributed by atoms with Crippen molar-refractivity contribution in [1.29, 1.82) is 0 Å². The molecule has 1 aromatic rings. The molecule has 0 N–H and O–H groups in total. The first-order valence-electron chi connectivity index (χ1n) is 8.21. The summed E-state index contributed by atoms with van der Waals surface area (Å²) in [5.74, 6) is 0.430. The Labute approximate surface area is 158 Å². The third-order valence-electron chi connectivity index (χ3n) is 4.74. The molecule has 2 heterocycles. The fourth-order valence-corrected chi connectivity index (χ4v) is 5.59. The summed E-state index contributed by atoms with van der Waals surface area (Å²) in [6.07, 6.45) is 3.83. The van der Waals surface area contributed by atoms with E-state index in [2.05, 4.69) is 4.90 Å². The smallest absolute Gasteiger partial charge is 0.246 e. The number of benzene rings is 1. The van der Waals surface area contributed by atoms with Crippen LogP contribution in [0.4, 0.5) is 0 Å². The summed E-state index contributed by atoms with van der Waals surface area (Å²) in [6, 6.07) is 5.31. The quantitative estimate of drug-likeness (QED) is 0.727. The van der Waals surface area contributed by atoms with Gasteiger partial charge in [0, 0.05) is 53.9 Å². The maximum atomic E-state index is 12.4. The molecule has 0 aromatic heterocycles. The van der Waals surface area contributed by atoms with Crippen LogP contribution >= 0.6 is 23.2 Å². The SMILES string of the molecule is O=C(/C=C/c1c(Cl)cccc1Cl)N1CCN([C@H]2CCS(=O)(=O)C2)CC1. The minimum absolute atomic E-state index is 0.0883. The lowest BCUT2D eigenvalue weighted by Gasteiger charge is -2.37. The van der Waals surface area contributed by atoms with Crippen LogP contribution in [0.15, 0.2) is 24.3 Å². The molecule has 0 radical (unpaired) electrons. The number of nitrogens with zero attached hydrogens (tertiary/aromatic N) is 2. The Kier molecular flexibility index (Phi) is 5.73. The van der Waals surface area contributed by atoms with Gasteiger partial charge in [-0.25, -0.2) is 8.42 Å². The maximum Gasteiger partial charge on any atom is 0.246 e. The highest BCUT2D eigenvalue weighted by Crippen LogP contribution is 2.25. The molecule has 0 aliphatic carbocycles. The average molecular weight is 403 g/mol. The average Bonchev–Trinajstić information content (AvgIpc) is 2.94. The van der Waals surface area contributed by atoms with Gasteiger partial charge in [-0.1, -0.05) is 29.3 Å². The van der Waals surface area contributed by atoms with E-state index in [1.165, 1.54) is 6.08 Å². The standard InChI is InChI=1S/C17H20Cl2N2O3S/c18-15-2-1-3-16(19)14(15)4-5-17(22)21-9-7-20(8-10-21)13-6-11-25(23,24)12-13/h1-5,13H,6-12H2/b5-4+/t13-/m0/s1. The lowest BCUT2D eigenvalue weighted by molar-refractivity contribution is -0.127. The number of halogens is 2. The second kappa shape index (κ2) is 7.66. The molecule has 8 heteroatoms. The Hall–Kier alpha value is -1.08. The van der Waals surface area contributed by atoms with Gasteiger partial charge in [0.2, 0.25) is 5.91 Å². The Bertz CT molecular complexity index is 767. The van der Waals surface area contributed by atoms with E-state index in [0.717, 1.165) is 0 Å².